The standard InChI is InChI=1S/C37H37N3O7S/c1-37(2,3)47-36(44)38-29-33(42)40-30(35(43)46-31(23-12-7-5-8-13-23)24-14-9-6-10-15-24)26(22-48-34(29)40)20-25-18-19-39(32(25)41)27-16-11-17-28(21-27)45-4/h5-17,20-22,29-31,34H,18-19H2,1-4H3,(H,38,44)/b25-20+/t29-,30-,34-/m1/s1. The van der Waals surface area contributed by atoms with Crippen LogP contribution >= 0.6 is 11.8 Å². The van der Waals surface area contributed by atoms with E-state index in [4.69, 9.17) is 14.2 Å². The molecule has 0 aromatic heterocycles. The Morgan fingerprint density at radius 3 is 2.25 bits per heavy atom. The van der Waals surface area contributed by atoms with Gasteiger partial charge in [0.05, 0.1) is 7.11 Å². The highest BCUT2D eigenvalue weighted by Gasteiger charge is 2.56. The Bertz CT molecular complexity index is 1730. The summed E-state index contributed by atoms with van der Waals surface area (Å²) in [7, 11) is 1.57. The maximum Gasteiger partial charge on any atom is 0.408 e. The summed E-state index contributed by atoms with van der Waals surface area (Å²) in [6.07, 6.45) is 0.668. The summed E-state index contributed by atoms with van der Waals surface area (Å²) < 4.78 is 17.0. The van der Waals surface area contributed by atoms with Crippen molar-refractivity contribution in [1.29, 1.82) is 0 Å². The molecule has 2 fully saturated rings. The van der Waals surface area contributed by atoms with E-state index < -0.39 is 47.1 Å². The van der Waals surface area contributed by atoms with E-state index in [1.54, 1.807) is 50.3 Å². The van der Waals surface area contributed by atoms with Crippen molar-refractivity contribution in [2.45, 2.75) is 56.4 Å². The molecular weight excluding hydrogens is 630 g/mol. The maximum atomic E-state index is 14.3. The number of amides is 3. The molecule has 3 aliphatic rings. The average molecular weight is 668 g/mol. The van der Waals surface area contributed by atoms with Gasteiger partial charge in [0.25, 0.3) is 5.91 Å². The number of nitrogens with one attached hydrogen (secondary N) is 1. The number of methoxy groups -OCH3 is 1. The predicted octanol–water partition coefficient (Wildman–Crippen LogP) is 5.75. The van der Waals surface area contributed by atoms with Crippen LogP contribution in [0.2, 0.25) is 0 Å². The zero-order valence-corrected chi connectivity index (χ0v) is 27.9. The summed E-state index contributed by atoms with van der Waals surface area (Å²) in [5, 5.41) is 3.86. The normalized spacial score (nSPS) is 21.4. The topological polar surface area (TPSA) is 114 Å². The fourth-order valence-electron chi connectivity index (χ4n) is 5.95. The van der Waals surface area contributed by atoms with Gasteiger partial charge in [-0.25, -0.2) is 9.59 Å². The molecule has 0 saturated carbocycles. The van der Waals surface area contributed by atoms with Gasteiger partial charge >= 0.3 is 12.1 Å². The molecule has 3 aromatic carbocycles. The van der Waals surface area contributed by atoms with Crippen LogP contribution in [0.5, 0.6) is 5.75 Å². The van der Waals surface area contributed by atoms with Crippen molar-refractivity contribution in [3.8, 4) is 5.75 Å². The summed E-state index contributed by atoms with van der Waals surface area (Å²) in [5.41, 5.74) is 2.44. The Hall–Kier alpha value is -5.03. The molecule has 0 bridgehead atoms. The van der Waals surface area contributed by atoms with E-state index in [2.05, 4.69) is 5.32 Å². The molecule has 10 nitrogen and oxygen atoms in total. The smallest absolute Gasteiger partial charge is 0.408 e. The van der Waals surface area contributed by atoms with Crippen molar-refractivity contribution in [2.24, 2.45) is 0 Å². The van der Waals surface area contributed by atoms with E-state index >= 15 is 0 Å². The Kier molecular flexibility index (Phi) is 9.32. The lowest BCUT2D eigenvalue weighted by Crippen LogP contribution is -2.74. The van der Waals surface area contributed by atoms with E-state index in [0.29, 0.717) is 35.5 Å². The van der Waals surface area contributed by atoms with Crippen LogP contribution in [0.15, 0.2) is 108 Å². The molecule has 3 amide bonds. The molecule has 0 radical (unpaired) electrons. The number of hydrogen-bond donors (Lipinski definition) is 1. The van der Waals surface area contributed by atoms with Crippen molar-refractivity contribution in [3.05, 3.63) is 119 Å². The second kappa shape index (κ2) is 13.6. The lowest BCUT2D eigenvalue weighted by atomic mass is 9.95. The van der Waals surface area contributed by atoms with Gasteiger partial charge in [0.2, 0.25) is 5.91 Å². The van der Waals surface area contributed by atoms with E-state index in [-0.39, 0.29) is 5.91 Å². The second-order valence-corrected chi connectivity index (χ2v) is 13.6. The Labute approximate surface area is 283 Å². The first-order chi connectivity index (χ1) is 23.0. The summed E-state index contributed by atoms with van der Waals surface area (Å²) >= 11 is 1.29. The fraction of sp³-hybridized carbons (Fsp3) is 0.297. The van der Waals surface area contributed by atoms with Gasteiger partial charge in [-0.15, -0.1) is 11.8 Å². The number of carbonyl (C=O) groups is 4. The Morgan fingerprint density at radius 2 is 1.62 bits per heavy atom. The average Bonchev–Trinajstić information content (AvgIpc) is 3.45. The van der Waals surface area contributed by atoms with Crippen molar-refractivity contribution in [2.75, 3.05) is 18.6 Å². The maximum absolute atomic E-state index is 14.3. The first-order valence-electron chi connectivity index (χ1n) is 15.7. The van der Waals surface area contributed by atoms with Crippen LogP contribution in [0, 0.1) is 0 Å². The highest BCUT2D eigenvalue weighted by Crippen LogP contribution is 2.42. The summed E-state index contributed by atoms with van der Waals surface area (Å²) in [6.45, 7) is 5.66. The number of β-lactam (4-membered cyclic amide) rings is 1. The van der Waals surface area contributed by atoms with Crippen LogP contribution < -0.4 is 15.0 Å². The summed E-state index contributed by atoms with van der Waals surface area (Å²) in [6, 6.07) is 24.0. The van der Waals surface area contributed by atoms with E-state index in [9.17, 15) is 19.2 Å². The first-order valence-corrected chi connectivity index (χ1v) is 16.6. The number of alkyl carbamates (subject to hydrolysis) is 1. The third kappa shape index (κ3) is 6.82. The van der Waals surface area contributed by atoms with E-state index in [1.807, 2.05) is 78.9 Å². The highest BCUT2D eigenvalue weighted by atomic mass is 32.2. The van der Waals surface area contributed by atoms with Gasteiger partial charge in [-0.3, -0.25) is 9.59 Å². The number of thioether (sulfide) groups is 1. The largest absolute Gasteiger partial charge is 0.497 e. The number of carbonyl (C=O) groups excluding carboxylic acids is 4. The van der Waals surface area contributed by atoms with Gasteiger partial charge in [0.1, 0.15) is 22.8 Å². The number of fused-ring (bicyclic) bond motifs is 1. The van der Waals surface area contributed by atoms with Gasteiger partial charge in [0.15, 0.2) is 12.1 Å². The van der Waals surface area contributed by atoms with Crippen LogP contribution in [0.3, 0.4) is 0 Å². The molecule has 3 heterocycles. The van der Waals surface area contributed by atoms with Crippen LogP contribution in [0.1, 0.15) is 44.4 Å². The minimum absolute atomic E-state index is 0.200. The summed E-state index contributed by atoms with van der Waals surface area (Å²) in [5.74, 6) is -0.666. The molecular formula is C37H37N3O7S. The molecule has 3 atom stereocenters. The number of rotatable bonds is 8. The van der Waals surface area contributed by atoms with Gasteiger partial charge in [-0.1, -0.05) is 66.7 Å². The lowest BCUT2D eigenvalue weighted by Gasteiger charge is -2.51. The second-order valence-electron chi connectivity index (χ2n) is 12.6. The number of esters is 1. The van der Waals surface area contributed by atoms with Crippen molar-refractivity contribution in [3.63, 3.8) is 0 Å². The van der Waals surface area contributed by atoms with Crippen LogP contribution in [0.25, 0.3) is 0 Å². The Morgan fingerprint density at radius 1 is 0.958 bits per heavy atom. The van der Waals surface area contributed by atoms with Gasteiger partial charge < -0.3 is 29.3 Å². The summed E-state index contributed by atoms with van der Waals surface area (Å²) in [4.78, 5) is 57.3. The zero-order valence-electron chi connectivity index (χ0n) is 27.1. The molecule has 2 saturated heterocycles. The molecule has 248 valence electrons. The van der Waals surface area contributed by atoms with Crippen LogP contribution in [-0.2, 0) is 23.9 Å². The van der Waals surface area contributed by atoms with Crippen LogP contribution in [0.4, 0.5) is 10.5 Å². The number of hydrogen-bond acceptors (Lipinski definition) is 8. The molecule has 0 unspecified atom stereocenters. The Balaban J connectivity index is 1.31. The minimum Gasteiger partial charge on any atom is -0.497 e. The third-order valence-electron chi connectivity index (χ3n) is 8.18. The number of ether oxygens (including phenoxy) is 3. The lowest BCUT2D eigenvalue weighted by molar-refractivity contribution is -0.164. The third-order valence-corrected chi connectivity index (χ3v) is 9.37. The molecule has 0 spiro atoms. The van der Waals surface area contributed by atoms with Crippen LogP contribution in [-0.4, -0.2) is 65.5 Å². The molecule has 0 aliphatic carbocycles. The predicted molar refractivity (Wildman–Crippen MR) is 182 cm³/mol. The van der Waals surface area contributed by atoms with Crippen molar-refractivity contribution in [1.82, 2.24) is 10.2 Å². The number of nitrogens with zero attached hydrogens (tertiary/aromatic N) is 2. The molecule has 6 rings (SSSR count). The molecule has 11 heteroatoms. The van der Waals surface area contributed by atoms with E-state index in [1.165, 1.54) is 16.7 Å². The molecule has 3 aliphatic heterocycles. The highest BCUT2D eigenvalue weighted by molar-refractivity contribution is 8.03. The first kappa shape index (κ1) is 32.9. The van der Waals surface area contributed by atoms with Gasteiger partial charge in [-0.2, -0.15) is 0 Å². The molecule has 1 N–H and O–H groups in total. The fourth-order valence-corrected chi connectivity index (χ4v) is 7.14. The van der Waals surface area contributed by atoms with Crippen molar-refractivity contribution >= 4 is 41.3 Å². The molecule has 48 heavy (non-hydrogen) atoms. The molecule has 3 aromatic rings. The monoisotopic (exact) mass is 667 g/mol. The number of benzene rings is 3. The SMILES string of the molecule is COc1cccc(N2CC/C(=C\C3=CS[C@@H]4[C@H](NC(=O)OC(C)(C)C)C(=O)N4[C@H]3C(=O)OC(c3ccccc3)c3ccccc3)C2=O)c1. The number of anilines is 1. The van der Waals surface area contributed by atoms with Gasteiger partial charge in [-0.05, 0) is 67.5 Å². The van der Waals surface area contributed by atoms with E-state index in [0.717, 1.165) is 11.1 Å². The quantitative estimate of drug-likeness (QED) is 0.184. The van der Waals surface area contributed by atoms with Crippen molar-refractivity contribution < 1.29 is 33.4 Å². The van der Waals surface area contributed by atoms with Gasteiger partial charge in [0, 0.05) is 23.9 Å². The zero-order chi connectivity index (χ0) is 34.0. The minimum atomic E-state index is -1.15.